The quantitative estimate of drug-likeness (QED) is 0.455. The van der Waals surface area contributed by atoms with E-state index in [4.69, 9.17) is 5.73 Å². The average Bonchev–Trinajstić information content (AvgIpc) is 2.02. The molecule has 0 unspecified atom stereocenters. The van der Waals surface area contributed by atoms with Crippen molar-refractivity contribution in [3.05, 3.63) is 0 Å². The Kier molecular flexibility index (Phi) is 3.21. The summed E-state index contributed by atoms with van der Waals surface area (Å²) >= 11 is 4.55. The number of rotatable bonds is 1. The second-order valence-electron chi connectivity index (χ2n) is 2.81. The van der Waals surface area contributed by atoms with E-state index in [9.17, 15) is 8.42 Å². The fourth-order valence-corrected chi connectivity index (χ4v) is 2.36. The Bertz CT molecular complexity index is 318. The molecule has 1 fully saturated rings. The van der Waals surface area contributed by atoms with Crippen LogP contribution in [0.5, 0.6) is 0 Å². The van der Waals surface area contributed by atoms with Crippen LogP contribution in [0.15, 0.2) is 5.10 Å². The zero-order valence-electron chi connectivity index (χ0n) is 6.99. The Morgan fingerprint density at radius 3 is 2.46 bits per heavy atom. The van der Waals surface area contributed by atoms with Crippen LogP contribution in [-0.2, 0) is 9.84 Å². The molecule has 0 aliphatic carbocycles. The molecule has 5 nitrogen and oxygen atoms in total. The molecule has 0 amide bonds. The third kappa shape index (κ3) is 3.69. The van der Waals surface area contributed by atoms with E-state index in [1.165, 1.54) is 0 Å². The molecule has 13 heavy (non-hydrogen) atoms. The lowest BCUT2D eigenvalue weighted by molar-refractivity contribution is 0.593. The molecule has 74 valence electrons. The largest absolute Gasteiger partial charge is 0.375 e. The van der Waals surface area contributed by atoms with Crippen LogP contribution in [-0.4, -0.2) is 30.7 Å². The topological polar surface area (TPSA) is 84.5 Å². The number of hydrazone groups is 1. The number of hydrogen-bond donors (Lipinski definition) is 2. The van der Waals surface area contributed by atoms with Crippen molar-refractivity contribution in [3.8, 4) is 0 Å². The summed E-state index contributed by atoms with van der Waals surface area (Å²) in [6, 6.07) is 0. The number of nitrogens with zero attached hydrogens (tertiary/aromatic N) is 1. The lowest BCUT2D eigenvalue weighted by atomic mass is 10.2. The molecule has 0 saturated carbocycles. The molecule has 0 aromatic rings. The summed E-state index contributed by atoms with van der Waals surface area (Å²) in [5.41, 5.74) is 8.41. The van der Waals surface area contributed by atoms with Gasteiger partial charge in [-0.25, -0.2) is 8.42 Å². The summed E-state index contributed by atoms with van der Waals surface area (Å²) in [7, 11) is -2.83. The molecule has 3 N–H and O–H groups in total. The van der Waals surface area contributed by atoms with Crippen LogP contribution in [0.3, 0.4) is 0 Å². The Morgan fingerprint density at radius 1 is 1.46 bits per heavy atom. The van der Waals surface area contributed by atoms with Gasteiger partial charge in [-0.3, -0.25) is 5.43 Å². The number of thiocarbonyl (C=S) groups is 1. The van der Waals surface area contributed by atoms with Crippen LogP contribution >= 0.6 is 12.2 Å². The van der Waals surface area contributed by atoms with Crippen molar-refractivity contribution in [2.24, 2.45) is 10.8 Å². The van der Waals surface area contributed by atoms with E-state index in [1.807, 2.05) is 0 Å². The summed E-state index contributed by atoms with van der Waals surface area (Å²) < 4.78 is 22.0. The predicted octanol–water partition coefficient (Wildman–Crippen LogP) is -0.616. The monoisotopic (exact) mass is 221 g/mol. The lowest BCUT2D eigenvalue weighted by Crippen LogP contribution is -2.29. The molecule has 0 atom stereocenters. The first-order valence-corrected chi connectivity index (χ1v) is 6.04. The van der Waals surface area contributed by atoms with E-state index in [2.05, 4.69) is 22.7 Å². The first-order chi connectivity index (χ1) is 5.99. The van der Waals surface area contributed by atoms with Crippen molar-refractivity contribution in [1.82, 2.24) is 5.43 Å². The van der Waals surface area contributed by atoms with Crippen LogP contribution in [0, 0.1) is 0 Å². The van der Waals surface area contributed by atoms with Crippen LogP contribution in [0.25, 0.3) is 0 Å². The molecule has 1 saturated heterocycles. The summed E-state index contributed by atoms with van der Waals surface area (Å²) in [5.74, 6) is 0.343. The second kappa shape index (κ2) is 4.01. The maximum absolute atomic E-state index is 11.0. The van der Waals surface area contributed by atoms with Crippen LogP contribution in [0.2, 0.25) is 0 Å². The van der Waals surface area contributed by atoms with E-state index in [0.717, 1.165) is 5.71 Å². The van der Waals surface area contributed by atoms with Crippen LogP contribution in [0.4, 0.5) is 0 Å². The van der Waals surface area contributed by atoms with Gasteiger partial charge < -0.3 is 5.73 Å². The van der Waals surface area contributed by atoms with Crippen molar-refractivity contribution in [1.29, 1.82) is 0 Å². The zero-order chi connectivity index (χ0) is 9.90. The van der Waals surface area contributed by atoms with Crippen molar-refractivity contribution in [2.75, 3.05) is 11.5 Å². The van der Waals surface area contributed by atoms with E-state index >= 15 is 0 Å². The van der Waals surface area contributed by atoms with E-state index in [0.29, 0.717) is 12.8 Å². The van der Waals surface area contributed by atoms with Gasteiger partial charge in [0.1, 0.15) is 0 Å². The standard InChI is InChI=1S/C6H11N3O2S2/c7-6(12)9-8-5-1-3-13(10,11)4-2-5/h1-4H2,(H3,7,9,12). The molecular weight excluding hydrogens is 210 g/mol. The summed E-state index contributed by atoms with van der Waals surface area (Å²) in [6.45, 7) is 0. The van der Waals surface area contributed by atoms with E-state index in [1.54, 1.807) is 0 Å². The molecule has 0 radical (unpaired) electrons. The molecule has 1 rings (SSSR count). The van der Waals surface area contributed by atoms with Gasteiger partial charge in [0.25, 0.3) is 0 Å². The Hall–Kier alpha value is -0.690. The minimum absolute atomic E-state index is 0.0981. The SMILES string of the molecule is NC(=S)NN=C1CCS(=O)(=O)CC1. The number of hydrogen-bond acceptors (Lipinski definition) is 4. The van der Waals surface area contributed by atoms with Gasteiger partial charge in [0.15, 0.2) is 14.9 Å². The van der Waals surface area contributed by atoms with Gasteiger partial charge in [-0.05, 0) is 12.2 Å². The van der Waals surface area contributed by atoms with Gasteiger partial charge in [0.05, 0.1) is 11.5 Å². The normalized spacial score (nSPS) is 20.8. The lowest BCUT2D eigenvalue weighted by Gasteiger charge is -2.12. The third-order valence-corrected chi connectivity index (χ3v) is 3.47. The molecule has 0 aromatic heterocycles. The van der Waals surface area contributed by atoms with Gasteiger partial charge in [-0.1, -0.05) is 0 Å². The fourth-order valence-electron chi connectivity index (χ4n) is 1.02. The first kappa shape index (κ1) is 10.4. The number of nitrogens with two attached hydrogens (primary N) is 1. The maximum atomic E-state index is 11.0. The highest BCUT2D eigenvalue weighted by atomic mass is 32.2. The van der Waals surface area contributed by atoms with Gasteiger partial charge in [0.2, 0.25) is 0 Å². The molecule has 0 aromatic carbocycles. The summed E-state index contributed by atoms with van der Waals surface area (Å²) in [6.07, 6.45) is 0.940. The van der Waals surface area contributed by atoms with Crippen molar-refractivity contribution >= 4 is 32.9 Å². The fraction of sp³-hybridized carbons (Fsp3) is 0.667. The van der Waals surface area contributed by atoms with Gasteiger partial charge >= 0.3 is 0 Å². The molecule has 0 spiro atoms. The third-order valence-electron chi connectivity index (χ3n) is 1.73. The van der Waals surface area contributed by atoms with Gasteiger partial charge in [-0.15, -0.1) is 0 Å². The maximum Gasteiger partial charge on any atom is 0.184 e. The van der Waals surface area contributed by atoms with Crippen molar-refractivity contribution < 1.29 is 8.42 Å². The zero-order valence-corrected chi connectivity index (χ0v) is 8.62. The predicted molar refractivity (Wildman–Crippen MR) is 55.2 cm³/mol. The van der Waals surface area contributed by atoms with Crippen LogP contribution < -0.4 is 11.2 Å². The summed E-state index contributed by atoms with van der Waals surface area (Å²) in [5, 5.41) is 3.98. The van der Waals surface area contributed by atoms with Gasteiger partial charge in [-0.2, -0.15) is 5.10 Å². The smallest absolute Gasteiger partial charge is 0.184 e. The Balaban J connectivity index is 2.50. The number of sulfone groups is 1. The van der Waals surface area contributed by atoms with E-state index in [-0.39, 0.29) is 16.6 Å². The minimum Gasteiger partial charge on any atom is -0.375 e. The second-order valence-corrected chi connectivity index (χ2v) is 5.55. The Morgan fingerprint density at radius 2 is 2.00 bits per heavy atom. The highest BCUT2D eigenvalue weighted by Gasteiger charge is 2.19. The number of nitrogens with one attached hydrogen (secondary N) is 1. The molecule has 1 aliphatic heterocycles. The van der Waals surface area contributed by atoms with Gasteiger partial charge in [0, 0.05) is 18.6 Å². The van der Waals surface area contributed by atoms with Crippen molar-refractivity contribution in [2.45, 2.75) is 12.8 Å². The summed E-state index contributed by atoms with van der Waals surface area (Å²) in [4.78, 5) is 0. The van der Waals surface area contributed by atoms with E-state index < -0.39 is 9.84 Å². The molecular formula is C6H11N3O2S2. The highest BCUT2D eigenvalue weighted by Crippen LogP contribution is 2.08. The Labute approximate surface area is 82.3 Å². The molecule has 7 heteroatoms. The van der Waals surface area contributed by atoms with Crippen molar-refractivity contribution in [3.63, 3.8) is 0 Å². The average molecular weight is 221 g/mol. The molecule has 0 bridgehead atoms. The first-order valence-electron chi connectivity index (χ1n) is 3.81. The molecule has 1 heterocycles. The van der Waals surface area contributed by atoms with Crippen LogP contribution in [0.1, 0.15) is 12.8 Å². The minimum atomic E-state index is -2.83. The highest BCUT2D eigenvalue weighted by molar-refractivity contribution is 7.91. The molecule has 1 aliphatic rings.